The number of nitrogens with zero attached hydrogens (tertiary/aromatic N) is 4. The molecule has 0 saturated heterocycles. The average molecular weight is 380 g/mol. The first-order valence-corrected chi connectivity index (χ1v) is 8.55. The maximum Gasteiger partial charge on any atom is 0.272 e. The second-order valence-corrected chi connectivity index (χ2v) is 6.27. The van der Waals surface area contributed by atoms with Crippen LogP contribution in [0.1, 0.15) is 16.2 Å². The monoisotopic (exact) mass is 379 g/mol. The summed E-state index contributed by atoms with van der Waals surface area (Å²) < 4.78 is 2.99. The Morgan fingerprint density at radius 1 is 1.04 bits per heavy atom. The Labute approximate surface area is 158 Å². The van der Waals surface area contributed by atoms with Crippen LogP contribution in [-0.2, 0) is 6.54 Å². The number of para-hydroxylation sites is 1. The molecule has 0 radical (unpaired) electrons. The third-order valence-corrected chi connectivity index (χ3v) is 4.15. The minimum absolute atomic E-state index is 0.144. The Kier molecular flexibility index (Phi) is 4.43. The van der Waals surface area contributed by atoms with Crippen molar-refractivity contribution in [2.75, 3.05) is 0 Å². The lowest BCUT2D eigenvalue weighted by atomic mass is 10.3. The molecule has 1 N–H and O–H groups in total. The fourth-order valence-electron chi connectivity index (χ4n) is 2.65. The van der Waals surface area contributed by atoms with Crippen LogP contribution in [0, 0.1) is 0 Å². The molecule has 0 bridgehead atoms. The number of halogens is 1. The van der Waals surface area contributed by atoms with E-state index < -0.39 is 5.91 Å². The summed E-state index contributed by atoms with van der Waals surface area (Å²) in [5, 5.41) is 7.52. The molecular weight excluding hydrogens is 366 g/mol. The highest BCUT2D eigenvalue weighted by Crippen LogP contribution is 2.11. The molecule has 0 atom stereocenters. The van der Waals surface area contributed by atoms with Gasteiger partial charge < -0.3 is 9.72 Å². The van der Waals surface area contributed by atoms with Crippen LogP contribution >= 0.6 is 11.6 Å². The van der Waals surface area contributed by atoms with Gasteiger partial charge in [0.1, 0.15) is 11.3 Å². The van der Waals surface area contributed by atoms with Crippen molar-refractivity contribution in [3.8, 4) is 5.69 Å². The lowest BCUT2D eigenvalue weighted by Gasteiger charge is -2.07. The molecule has 0 aliphatic heterocycles. The zero-order valence-corrected chi connectivity index (χ0v) is 14.8. The Morgan fingerprint density at radius 3 is 2.67 bits per heavy atom. The molecule has 7 nitrogen and oxygen atoms in total. The van der Waals surface area contributed by atoms with E-state index in [1.165, 1.54) is 16.8 Å². The number of benzene rings is 1. The predicted octanol–water partition coefficient (Wildman–Crippen LogP) is 2.46. The number of imidazole rings is 1. The molecule has 0 saturated carbocycles. The highest BCUT2D eigenvalue weighted by atomic mass is 35.5. The summed E-state index contributed by atoms with van der Waals surface area (Å²) in [6.45, 7) is 0.226. The van der Waals surface area contributed by atoms with Gasteiger partial charge in [-0.05, 0) is 30.3 Å². The Morgan fingerprint density at radius 2 is 1.85 bits per heavy atom. The van der Waals surface area contributed by atoms with Gasteiger partial charge >= 0.3 is 0 Å². The first-order chi connectivity index (χ1) is 13.1. The normalized spacial score (nSPS) is 10.9. The Bertz CT molecular complexity index is 1180. The van der Waals surface area contributed by atoms with Crippen molar-refractivity contribution in [3.05, 3.63) is 93.8 Å². The van der Waals surface area contributed by atoms with Crippen LogP contribution in [0.5, 0.6) is 0 Å². The minimum atomic E-state index is -0.394. The zero-order chi connectivity index (χ0) is 18.8. The van der Waals surface area contributed by atoms with Gasteiger partial charge in [-0.3, -0.25) is 9.59 Å². The van der Waals surface area contributed by atoms with Crippen molar-refractivity contribution in [2.24, 2.45) is 0 Å². The van der Waals surface area contributed by atoms with E-state index in [2.05, 4.69) is 15.4 Å². The van der Waals surface area contributed by atoms with Crippen LogP contribution in [0.25, 0.3) is 11.3 Å². The molecule has 3 heterocycles. The topological polar surface area (TPSA) is 81.3 Å². The summed E-state index contributed by atoms with van der Waals surface area (Å²) in [4.78, 5) is 28.9. The number of fused-ring (bicyclic) bond motifs is 1. The van der Waals surface area contributed by atoms with E-state index in [9.17, 15) is 9.59 Å². The predicted molar refractivity (Wildman–Crippen MR) is 101 cm³/mol. The molecule has 1 amide bonds. The van der Waals surface area contributed by atoms with Crippen LogP contribution in [0.4, 0.5) is 0 Å². The molecule has 1 aromatic carbocycles. The third kappa shape index (κ3) is 3.58. The van der Waals surface area contributed by atoms with Crippen molar-refractivity contribution in [1.82, 2.24) is 24.5 Å². The number of amides is 1. The van der Waals surface area contributed by atoms with Crippen LogP contribution < -0.4 is 10.9 Å². The Balaban J connectivity index is 1.53. The lowest BCUT2D eigenvalue weighted by Crippen LogP contribution is -2.28. The number of carbonyl (C=O) groups excluding carboxylic acids is 1. The molecule has 4 rings (SSSR count). The van der Waals surface area contributed by atoms with Crippen LogP contribution in [0.3, 0.4) is 0 Å². The molecule has 0 fully saturated rings. The molecule has 0 unspecified atom stereocenters. The summed E-state index contributed by atoms with van der Waals surface area (Å²) in [5.41, 5.74) is 1.84. The van der Waals surface area contributed by atoms with Gasteiger partial charge in [-0.1, -0.05) is 29.8 Å². The fourth-order valence-corrected chi connectivity index (χ4v) is 2.82. The van der Waals surface area contributed by atoms with E-state index in [1.807, 2.05) is 6.07 Å². The first-order valence-electron chi connectivity index (χ1n) is 8.17. The molecule has 0 aliphatic carbocycles. The maximum absolute atomic E-state index is 12.4. The van der Waals surface area contributed by atoms with Crippen molar-refractivity contribution >= 4 is 23.2 Å². The van der Waals surface area contributed by atoms with Crippen molar-refractivity contribution in [2.45, 2.75) is 6.54 Å². The second kappa shape index (κ2) is 7.05. The van der Waals surface area contributed by atoms with Crippen molar-refractivity contribution < 1.29 is 4.79 Å². The molecule has 27 heavy (non-hydrogen) atoms. The van der Waals surface area contributed by atoms with E-state index in [0.29, 0.717) is 16.4 Å². The molecule has 0 spiro atoms. The van der Waals surface area contributed by atoms with Gasteiger partial charge in [-0.15, -0.1) is 0 Å². The lowest BCUT2D eigenvalue weighted by molar-refractivity contribution is 0.0943. The van der Waals surface area contributed by atoms with Crippen molar-refractivity contribution in [1.29, 1.82) is 0 Å². The largest absolute Gasteiger partial charge is 0.345 e. The van der Waals surface area contributed by atoms with Crippen LogP contribution in [0.2, 0.25) is 5.02 Å². The second-order valence-electron chi connectivity index (χ2n) is 5.83. The summed E-state index contributed by atoms with van der Waals surface area (Å²) in [7, 11) is 0. The summed E-state index contributed by atoms with van der Waals surface area (Å²) >= 11 is 5.96. The van der Waals surface area contributed by atoms with E-state index >= 15 is 0 Å². The highest BCUT2D eigenvalue weighted by molar-refractivity contribution is 6.30. The van der Waals surface area contributed by atoms with E-state index in [0.717, 1.165) is 5.65 Å². The smallest absolute Gasteiger partial charge is 0.272 e. The Hall–Kier alpha value is -3.45. The van der Waals surface area contributed by atoms with Crippen LogP contribution in [-0.4, -0.2) is 25.1 Å². The van der Waals surface area contributed by atoms with Gasteiger partial charge in [0.05, 0.1) is 22.9 Å². The van der Waals surface area contributed by atoms with E-state index in [-0.39, 0.29) is 17.8 Å². The standard InChI is InChI=1S/C19H14ClN5O2/c20-13-6-8-17-22-14(12-24(17)11-13)10-21-19(27)16-7-9-18(26)25(23-16)15-4-2-1-3-5-15/h1-9,11-12H,10H2,(H,21,27). The average Bonchev–Trinajstić information content (AvgIpc) is 3.09. The van der Waals surface area contributed by atoms with Crippen LogP contribution in [0.15, 0.2) is 71.8 Å². The van der Waals surface area contributed by atoms with Gasteiger partial charge in [0.15, 0.2) is 0 Å². The summed E-state index contributed by atoms with van der Waals surface area (Å²) in [6, 6.07) is 15.2. The molecule has 4 aromatic rings. The SMILES string of the molecule is O=C(NCc1cn2cc(Cl)ccc2n1)c1ccc(=O)n(-c2ccccc2)n1. The molecular formula is C19H14ClN5O2. The number of hydrogen-bond donors (Lipinski definition) is 1. The number of pyridine rings is 1. The molecule has 8 heteroatoms. The molecule has 0 aliphatic rings. The highest BCUT2D eigenvalue weighted by Gasteiger charge is 2.11. The molecule has 134 valence electrons. The fraction of sp³-hybridized carbons (Fsp3) is 0.0526. The molecule has 3 aromatic heterocycles. The third-order valence-electron chi connectivity index (χ3n) is 3.93. The van der Waals surface area contributed by atoms with Gasteiger partial charge in [0.2, 0.25) is 0 Å². The van der Waals surface area contributed by atoms with Crippen molar-refractivity contribution in [3.63, 3.8) is 0 Å². The number of carbonyl (C=O) groups is 1. The van der Waals surface area contributed by atoms with Gasteiger partial charge in [-0.25, -0.2) is 4.98 Å². The number of nitrogens with one attached hydrogen (secondary N) is 1. The maximum atomic E-state index is 12.4. The minimum Gasteiger partial charge on any atom is -0.345 e. The van der Waals surface area contributed by atoms with Gasteiger partial charge in [0.25, 0.3) is 11.5 Å². The van der Waals surface area contributed by atoms with E-state index in [4.69, 9.17) is 11.6 Å². The van der Waals surface area contributed by atoms with Gasteiger partial charge in [-0.2, -0.15) is 9.78 Å². The van der Waals surface area contributed by atoms with E-state index in [1.54, 1.807) is 53.2 Å². The summed E-state index contributed by atoms with van der Waals surface area (Å²) in [6.07, 6.45) is 3.53. The quantitative estimate of drug-likeness (QED) is 0.590. The number of aromatic nitrogens is 4. The zero-order valence-electron chi connectivity index (χ0n) is 14.0. The van der Waals surface area contributed by atoms with Gasteiger partial charge in [0, 0.05) is 18.5 Å². The number of hydrogen-bond acceptors (Lipinski definition) is 4. The summed E-state index contributed by atoms with van der Waals surface area (Å²) in [5.74, 6) is -0.394. The number of rotatable bonds is 4. The first kappa shape index (κ1) is 17.0.